The number of para-hydroxylation sites is 1. The Hall–Kier alpha value is -6.12. The lowest BCUT2D eigenvalue weighted by atomic mass is 9.63. The molecule has 8 aromatic carbocycles. The summed E-state index contributed by atoms with van der Waals surface area (Å²) in [6, 6.07) is 59.0. The Kier molecular flexibility index (Phi) is 6.51. The van der Waals surface area contributed by atoms with E-state index in [9.17, 15) is 0 Å². The van der Waals surface area contributed by atoms with E-state index >= 15 is 0 Å². The Labute approximate surface area is 315 Å². The van der Waals surface area contributed by atoms with Crippen molar-refractivity contribution in [2.45, 2.75) is 51.4 Å². The molecule has 2 nitrogen and oxygen atoms in total. The van der Waals surface area contributed by atoms with Gasteiger partial charge in [-0.1, -0.05) is 131 Å². The molecule has 1 aliphatic rings. The summed E-state index contributed by atoms with van der Waals surface area (Å²) in [5.41, 5.74) is 13.0. The minimum Gasteiger partial charge on any atom is -0.309 e. The Morgan fingerprint density at radius 1 is 0.389 bits per heavy atom. The Morgan fingerprint density at radius 2 is 0.963 bits per heavy atom. The fraction of sp³-hybridized carbons (Fsp3) is 0.154. The van der Waals surface area contributed by atoms with Gasteiger partial charge in [-0.3, -0.25) is 0 Å². The van der Waals surface area contributed by atoms with E-state index < -0.39 is 0 Å². The quantitative estimate of drug-likeness (QED) is 0.174. The van der Waals surface area contributed by atoms with Gasteiger partial charge >= 0.3 is 0 Å². The Bertz CT molecular complexity index is 3150. The van der Waals surface area contributed by atoms with E-state index in [2.05, 4.69) is 195 Å². The zero-order valence-electron chi connectivity index (χ0n) is 31.3. The standard InChI is InChI=1S/C52H42N2/c1-51(2)26-27-52(3,4)45-31-47-42(30-44(45)51)41-29-43-49(53(36-18-6-5-7-19-36)46-25-24-34-15-9-11-22-40(34)50(43)46)32-48(41)54(47)37-20-12-17-35(28-37)39-23-13-16-33-14-8-10-21-38(33)39/h5-25,28-32H,26-27H2,1-4H3. The number of fused-ring (bicyclic) bond motifs is 10. The number of hydrogen-bond acceptors (Lipinski definition) is 0. The highest BCUT2D eigenvalue weighted by Gasteiger charge is 2.38. The molecule has 2 heteroatoms. The predicted octanol–water partition coefficient (Wildman–Crippen LogP) is 14.2. The highest BCUT2D eigenvalue weighted by molar-refractivity contribution is 6.25. The maximum Gasteiger partial charge on any atom is 0.0562 e. The number of aromatic nitrogens is 2. The van der Waals surface area contributed by atoms with Gasteiger partial charge in [0, 0.05) is 32.9 Å². The third-order valence-corrected chi connectivity index (χ3v) is 12.7. The first-order valence-corrected chi connectivity index (χ1v) is 19.4. The molecule has 0 saturated heterocycles. The van der Waals surface area contributed by atoms with E-state index in [1.165, 1.54) is 112 Å². The maximum atomic E-state index is 2.57. The van der Waals surface area contributed by atoms with Crippen molar-refractivity contribution in [3.63, 3.8) is 0 Å². The van der Waals surface area contributed by atoms with E-state index in [4.69, 9.17) is 0 Å². The van der Waals surface area contributed by atoms with Crippen molar-refractivity contribution >= 4 is 65.2 Å². The van der Waals surface area contributed by atoms with Crippen LogP contribution in [0.3, 0.4) is 0 Å². The van der Waals surface area contributed by atoms with Gasteiger partial charge in [-0.05, 0) is 122 Å². The SMILES string of the molecule is CC1(C)CCC(C)(C)c2cc3c(cc21)c1cc2c4c5ccccc5ccc4n(-c4ccccc4)c2cc1n3-c1cccc(-c2cccc3ccccc23)c1. The zero-order valence-corrected chi connectivity index (χ0v) is 31.3. The third kappa shape index (κ3) is 4.46. The van der Waals surface area contributed by atoms with Crippen LogP contribution < -0.4 is 0 Å². The highest BCUT2D eigenvalue weighted by atomic mass is 15.0. The van der Waals surface area contributed by atoms with Gasteiger partial charge in [0.25, 0.3) is 0 Å². The summed E-state index contributed by atoms with van der Waals surface area (Å²) >= 11 is 0. The lowest BCUT2D eigenvalue weighted by Crippen LogP contribution is -2.33. The average molecular weight is 695 g/mol. The normalized spacial score (nSPS) is 15.2. The van der Waals surface area contributed by atoms with Gasteiger partial charge in [0.15, 0.2) is 0 Å². The molecule has 0 spiro atoms. The molecule has 0 unspecified atom stereocenters. The van der Waals surface area contributed by atoms with Crippen molar-refractivity contribution in [3.05, 3.63) is 169 Å². The maximum absolute atomic E-state index is 2.57. The van der Waals surface area contributed by atoms with E-state index in [-0.39, 0.29) is 10.8 Å². The first-order chi connectivity index (χ1) is 26.3. The molecule has 0 fully saturated rings. The van der Waals surface area contributed by atoms with Gasteiger partial charge in [-0.2, -0.15) is 0 Å². The molecular formula is C52H42N2. The van der Waals surface area contributed by atoms with E-state index in [0.29, 0.717) is 0 Å². The number of hydrogen-bond donors (Lipinski definition) is 0. The summed E-state index contributed by atoms with van der Waals surface area (Å²) in [5.74, 6) is 0. The monoisotopic (exact) mass is 694 g/mol. The summed E-state index contributed by atoms with van der Waals surface area (Å²) in [7, 11) is 0. The fourth-order valence-corrected chi connectivity index (χ4v) is 9.78. The first-order valence-electron chi connectivity index (χ1n) is 19.4. The second-order valence-corrected chi connectivity index (χ2v) is 16.8. The van der Waals surface area contributed by atoms with Crippen LogP contribution in [0.4, 0.5) is 0 Å². The van der Waals surface area contributed by atoms with Crippen LogP contribution in [0.1, 0.15) is 51.7 Å². The second kappa shape index (κ2) is 11.2. The molecule has 0 atom stereocenters. The molecule has 10 aromatic rings. The third-order valence-electron chi connectivity index (χ3n) is 12.7. The van der Waals surface area contributed by atoms with Crippen molar-refractivity contribution in [2.24, 2.45) is 0 Å². The van der Waals surface area contributed by atoms with Gasteiger partial charge in [0.1, 0.15) is 0 Å². The van der Waals surface area contributed by atoms with Crippen molar-refractivity contribution in [1.29, 1.82) is 0 Å². The van der Waals surface area contributed by atoms with Crippen LogP contribution in [0.15, 0.2) is 158 Å². The minimum absolute atomic E-state index is 0.0921. The fourth-order valence-electron chi connectivity index (χ4n) is 9.78. The van der Waals surface area contributed by atoms with Crippen molar-refractivity contribution in [1.82, 2.24) is 9.13 Å². The molecule has 2 aromatic heterocycles. The van der Waals surface area contributed by atoms with Crippen LogP contribution in [0.5, 0.6) is 0 Å². The molecular weight excluding hydrogens is 653 g/mol. The topological polar surface area (TPSA) is 9.86 Å². The lowest BCUT2D eigenvalue weighted by molar-refractivity contribution is 0.332. The summed E-state index contributed by atoms with van der Waals surface area (Å²) in [4.78, 5) is 0. The molecule has 260 valence electrons. The molecule has 11 rings (SSSR count). The summed E-state index contributed by atoms with van der Waals surface area (Å²) in [5, 5.41) is 10.3. The summed E-state index contributed by atoms with van der Waals surface area (Å²) < 4.78 is 5.03. The predicted molar refractivity (Wildman–Crippen MR) is 231 cm³/mol. The molecule has 54 heavy (non-hydrogen) atoms. The van der Waals surface area contributed by atoms with Gasteiger partial charge in [0.05, 0.1) is 22.1 Å². The minimum atomic E-state index is 0.0921. The number of rotatable bonds is 3. The van der Waals surface area contributed by atoms with Crippen molar-refractivity contribution in [2.75, 3.05) is 0 Å². The van der Waals surface area contributed by atoms with Crippen LogP contribution in [0.2, 0.25) is 0 Å². The molecule has 0 amide bonds. The molecule has 0 N–H and O–H groups in total. The Morgan fingerprint density at radius 3 is 1.76 bits per heavy atom. The molecule has 0 aliphatic heterocycles. The van der Waals surface area contributed by atoms with Gasteiger partial charge in [0.2, 0.25) is 0 Å². The highest BCUT2D eigenvalue weighted by Crippen LogP contribution is 2.50. The smallest absolute Gasteiger partial charge is 0.0562 e. The molecule has 1 aliphatic carbocycles. The average Bonchev–Trinajstić information content (AvgIpc) is 3.70. The van der Waals surface area contributed by atoms with Gasteiger partial charge in [-0.25, -0.2) is 0 Å². The zero-order chi connectivity index (χ0) is 36.3. The first kappa shape index (κ1) is 31.4. The lowest BCUT2D eigenvalue weighted by Gasteiger charge is -2.42. The van der Waals surface area contributed by atoms with Gasteiger partial charge < -0.3 is 9.13 Å². The van der Waals surface area contributed by atoms with Crippen molar-refractivity contribution < 1.29 is 0 Å². The molecule has 0 saturated carbocycles. The van der Waals surface area contributed by atoms with E-state index in [1.807, 2.05) is 0 Å². The molecule has 0 bridgehead atoms. The van der Waals surface area contributed by atoms with E-state index in [0.717, 1.165) is 0 Å². The summed E-state index contributed by atoms with van der Waals surface area (Å²) in [6.45, 7) is 9.76. The van der Waals surface area contributed by atoms with Crippen molar-refractivity contribution in [3.8, 4) is 22.5 Å². The van der Waals surface area contributed by atoms with Crippen LogP contribution in [-0.2, 0) is 10.8 Å². The van der Waals surface area contributed by atoms with Crippen LogP contribution >= 0.6 is 0 Å². The van der Waals surface area contributed by atoms with Crippen LogP contribution in [-0.4, -0.2) is 9.13 Å². The van der Waals surface area contributed by atoms with E-state index in [1.54, 1.807) is 0 Å². The second-order valence-electron chi connectivity index (χ2n) is 16.8. The van der Waals surface area contributed by atoms with Crippen LogP contribution in [0.25, 0.3) is 87.7 Å². The molecule has 0 radical (unpaired) electrons. The molecule has 2 heterocycles. The largest absolute Gasteiger partial charge is 0.309 e. The van der Waals surface area contributed by atoms with Crippen LogP contribution in [0, 0.1) is 0 Å². The van der Waals surface area contributed by atoms with Gasteiger partial charge in [-0.15, -0.1) is 0 Å². The Balaban J connectivity index is 1.30. The summed E-state index contributed by atoms with van der Waals surface area (Å²) in [6.07, 6.45) is 2.37. The number of nitrogens with zero attached hydrogens (tertiary/aromatic N) is 2. The number of benzene rings is 8.